The smallest absolute Gasteiger partial charge is 0.145 e. The molecular formula is C17H22FN. The van der Waals surface area contributed by atoms with E-state index in [9.17, 15) is 4.39 Å². The third-order valence-corrected chi connectivity index (χ3v) is 3.32. The van der Waals surface area contributed by atoms with Crippen molar-refractivity contribution < 1.29 is 4.39 Å². The topological polar surface area (TPSA) is 12.9 Å². The number of rotatable bonds is 0. The maximum atomic E-state index is 14.2. The summed E-state index contributed by atoms with van der Waals surface area (Å²) in [6.45, 7) is 12.4. The van der Waals surface area contributed by atoms with E-state index in [2.05, 4.69) is 31.8 Å². The number of fused-ring (bicyclic) bond motifs is 1. The standard InChI is InChI=1S/C17H22FN/c1-16(2,3)12-9-7-8-11-10-13(18)15(17(4,5)6)19-14(11)12/h7-10H,1-6H3. The van der Waals surface area contributed by atoms with Gasteiger partial charge in [-0.05, 0) is 17.0 Å². The van der Waals surface area contributed by atoms with Gasteiger partial charge in [-0.2, -0.15) is 0 Å². The SMILES string of the molecule is CC(C)(C)c1nc2c(C(C)(C)C)cccc2cc1F. The zero-order valence-corrected chi connectivity index (χ0v) is 12.6. The van der Waals surface area contributed by atoms with E-state index in [4.69, 9.17) is 0 Å². The van der Waals surface area contributed by atoms with E-state index in [0.29, 0.717) is 5.69 Å². The zero-order valence-electron chi connectivity index (χ0n) is 12.6. The van der Waals surface area contributed by atoms with Gasteiger partial charge in [-0.1, -0.05) is 59.7 Å². The minimum atomic E-state index is -0.288. The van der Waals surface area contributed by atoms with Crippen LogP contribution in [-0.2, 0) is 10.8 Å². The number of aromatic nitrogens is 1. The summed E-state index contributed by atoms with van der Waals surface area (Å²) in [5, 5.41) is 0.873. The van der Waals surface area contributed by atoms with Gasteiger partial charge in [0.25, 0.3) is 0 Å². The molecule has 1 aromatic heterocycles. The Morgan fingerprint density at radius 2 is 1.58 bits per heavy atom. The lowest BCUT2D eigenvalue weighted by atomic mass is 9.84. The zero-order chi connectivity index (χ0) is 14.4. The molecule has 0 N–H and O–H groups in total. The summed E-state index contributed by atoms with van der Waals surface area (Å²) >= 11 is 0. The Morgan fingerprint density at radius 3 is 2.11 bits per heavy atom. The minimum Gasteiger partial charge on any atom is -0.249 e. The van der Waals surface area contributed by atoms with Gasteiger partial charge in [0, 0.05) is 10.8 Å². The minimum absolute atomic E-state index is 0.000502. The van der Waals surface area contributed by atoms with Crippen molar-refractivity contribution in [2.45, 2.75) is 52.4 Å². The molecule has 0 atom stereocenters. The first kappa shape index (κ1) is 14.0. The van der Waals surface area contributed by atoms with Gasteiger partial charge in [0.15, 0.2) is 0 Å². The number of pyridine rings is 1. The van der Waals surface area contributed by atoms with Gasteiger partial charge in [-0.25, -0.2) is 9.37 Å². The number of hydrogen-bond donors (Lipinski definition) is 0. The second-order valence-electron chi connectivity index (χ2n) is 7.20. The highest BCUT2D eigenvalue weighted by Gasteiger charge is 2.24. The number of halogens is 1. The summed E-state index contributed by atoms with van der Waals surface area (Å²) in [7, 11) is 0. The Bertz CT molecular complexity index is 615. The fraction of sp³-hybridized carbons (Fsp3) is 0.471. The first-order chi connectivity index (χ1) is 8.60. The molecule has 1 nitrogen and oxygen atoms in total. The lowest BCUT2D eigenvalue weighted by Gasteiger charge is -2.23. The quantitative estimate of drug-likeness (QED) is 0.651. The highest BCUT2D eigenvalue weighted by atomic mass is 19.1. The molecule has 0 unspecified atom stereocenters. The third kappa shape index (κ3) is 2.63. The first-order valence-electron chi connectivity index (χ1n) is 6.71. The van der Waals surface area contributed by atoms with Crippen molar-refractivity contribution in [3.8, 4) is 0 Å². The van der Waals surface area contributed by atoms with Crippen LogP contribution in [0.2, 0.25) is 0 Å². The maximum absolute atomic E-state index is 14.2. The van der Waals surface area contributed by atoms with Gasteiger partial charge in [0.2, 0.25) is 0 Å². The van der Waals surface area contributed by atoms with Crippen molar-refractivity contribution in [2.75, 3.05) is 0 Å². The average molecular weight is 259 g/mol. The Hall–Kier alpha value is -1.44. The Morgan fingerprint density at radius 1 is 0.947 bits per heavy atom. The van der Waals surface area contributed by atoms with E-state index in [1.807, 2.05) is 32.9 Å². The lowest BCUT2D eigenvalue weighted by Crippen LogP contribution is -2.18. The van der Waals surface area contributed by atoms with Gasteiger partial charge < -0.3 is 0 Å². The fourth-order valence-electron chi connectivity index (χ4n) is 2.30. The van der Waals surface area contributed by atoms with E-state index < -0.39 is 0 Å². The predicted molar refractivity (Wildman–Crippen MR) is 79.1 cm³/mol. The lowest BCUT2D eigenvalue weighted by molar-refractivity contribution is 0.505. The number of hydrogen-bond acceptors (Lipinski definition) is 1. The van der Waals surface area contributed by atoms with Gasteiger partial charge in [0.1, 0.15) is 5.82 Å². The van der Waals surface area contributed by atoms with Crippen LogP contribution in [-0.4, -0.2) is 4.98 Å². The van der Waals surface area contributed by atoms with Crippen molar-refractivity contribution >= 4 is 10.9 Å². The molecule has 0 saturated carbocycles. The molecule has 1 aromatic carbocycles. The molecule has 0 spiro atoms. The van der Waals surface area contributed by atoms with E-state index in [1.165, 1.54) is 0 Å². The van der Waals surface area contributed by atoms with Gasteiger partial charge >= 0.3 is 0 Å². The highest BCUT2D eigenvalue weighted by Crippen LogP contribution is 2.32. The van der Waals surface area contributed by atoms with Crippen LogP contribution in [0, 0.1) is 5.82 Å². The fourth-order valence-corrected chi connectivity index (χ4v) is 2.30. The summed E-state index contributed by atoms with van der Waals surface area (Å²) < 4.78 is 14.2. The second-order valence-corrected chi connectivity index (χ2v) is 7.20. The van der Waals surface area contributed by atoms with Gasteiger partial charge in [-0.3, -0.25) is 0 Å². The van der Waals surface area contributed by atoms with E-state index >= 15 is 0 Å². The highest BCUT2D eigenvalue weighted by molar-refractivity contribution is 5.83. The molecule has 0 saturated heterocycles. The molecular weight excluding hydrogens is 237 g/mol. The van der Waals surface area contributed by atoms with Crippen LogP contribution in [0.1, 0.15) is 52.8 Å². The number of para-hydroxylation sites is 1. The van der Waals surface area contributed by atoms with Crippen molar-refractivity contribution in [3.05, 3.63) is 41.3 Å². The van der Waals surface area contributed by atoms with Crippen molar-refractivity contribution in [1.82, 2.24) is 4.98 Å². The Kier molecular flexibility index (Phi) is 3.16. The normalized spacial score (nSPS) is 13.0. The van der Waals surface area contributed by atoms with Gasteiger partial charge in [0.05, 0.1) is 11.2 Å². The summed E-state index contributed by atoms with van der Waals surface area (Å²) in [5.41, 5.74) is 2.33. The summed E-state index contributed by atoms with van der Waals surface area (Å²) in [4.78, 5) is 4.64. The van der Waals surface area contributed by atoms with Crippen LogP contribution in [0.4, 0.5) is 4.39 Å². The molecule has 19 heavy (non-hydrogen) atoms. The van der Waals surface area contributed by atoms with Crippen LogP contribution < -0.4 is 0 Å². The number of benzene rings is 1. The summed E-state index contributed by atoms with van der Waals surface area (Å²) in [6, 6.07) is 7.59. The monoisotopic (exact) mass is 259 g/mol. The van der Waals surface area contributed by atoms with Crippen LogP contribution in [0.3, 0.4) is 0 Å². The molecule has 2 heteroatoms. The molecule has 0 amide bonds. The number of nitrogens with zero attached hydrogens (tertiary/aromatic N) is 1. The van der Waals surface area contributed by atoms with E-state index in [0.717, 1.165) is 16.5 Å². The van der Waals surface area contributed by atoms with Crippen molar-refractivity contribution in [2.24, 2.45) is 0 Å². The Balaban J connectivity index is 2.83. The molecule has 0 radical (unpaired) electrons. The first-order valence-corrected chi connectivity index (χ1v) is 6.71. The third-order valence-electron chi connectivity index (χ3n) is 3.32. The van der Waals surface area contributed by atoms with Crippen LogP contribution in [0.15, 0.2) is 24.3 Å². The maximum Gasteiger partial charge on any atom is 0.145 e. The summed E-state index contributed by atoms with van der Waals surface area (Å²) in [5.74, 6) is -0.217. The Labute approximate surface area is 114 Å². The van der Waals surface area contributed by atoms with Crippen LogP contribution >= 0.6 is 0 Å². The molecule has 0 aliphatic carbocycles. The molecule has 0 bridgehead atoms. The van der Waals surface area contributed by atoms with E-state index in [1.54, 1.807) is 6.07 Å². The van der Waals surface area contributed by atoms with Crippen molar-refractivity contribution in [3.63, 3.8) is 0 Å². The second kappa shape index (κ2) is 4.29. The van der Waals surface area contributed by atoms with Crippen LogP contribution in [0.25, 0.3) is 10.9 Å². The average Bonchev–Trinajstić information content (AvgIpc) is 2.24. The molecule has 102 valence electrons. The molecule has 0 aliphatic rings. The molecule has 2 rings (SSSR count). The molecule has 1 heterocycles. The van der Waals surface area contributed by atoms with Gasteiger partial charge in [-0.15, -0.1) is 0 Å². The molecule has 0 fully saturated rings. The van der Waals surface area contributed by atoms with E-state index in [-0.39, 0.29) is 16.6 Å². The summed E-state index contributed by atoms with van der Waals surface area (Å²) in [6.07, 6.45) is 0. The van der Waals surface area contributed by atoms with Crippen molar-refractivity contribution in [1.29, 1.82) is 0 Å². The van der Waals surface area contributed by atoms with Crippen LogP contribution in [0.5, 0.6) is 0 Å². The largest absolute Gasteiger partial charge is 0.249 e. The molecule has 0 aliphatic heterocycles. The molecule has 2 aromatic rings. The predicted octanol–water partition coefficient (Wildman–Crippen LogP) is 4.97.